The smallest absolute Gasteiger partial charge is 0.0643 e. The van der Waals surface area contributed by atoms with Gasteiger partial charge in [-0.3, -0.25) is 0 Å². The zero-order valence-corrected chi connectivity index (χ0v) is 9.88. The Morgan fingerprint density at radius 2 is 2.07 bits per heavy atom. The summed E-state index contributed by atoms with van der Waals surface area (Å²) < 4.78 is 5.95. The minimum atomic E-state index is 0.506. The van der Waals surface area contributed by atoms with E-state index in [1.165, 1.54) is 25.7 Å². The fourth-order valence-electron chi connectivity index (χ4n) is 2.62. The Balaban J connectivity index is 2.51. The van der Waals surface area contributed by atoms with Gasteiger partial charge in [0.1, 0.15) is 0 Å². The third-order valence-corrected chi connectivity index (χ3v) is 3.47. The second-order valence-corrected chi connectivity index (χ2v) is 4.37. The van der Waals surface area contributed by atoms with Crippen LogP contribution in [0.3, 0.4) is 0 Å². The first-order chi connectivity index (χ1) is 6.83. The Labute approximate surface area is 88.4 Å². The van der Waals surface area contributed by atoms with E-state index >= 15 is 0 Å². The van der Waals surface area contributed by atoms with Crippen LogP contribution in [0.1, 0.15) is 39.5 Å². The molecule has 84 valence electrons. The molecule has 1 saturated heterocycles. The maximum absolute atomic E-state index is 5.95. The summed E-state index contributed by atoms with van der Waals surface area (Å²) in [5, 5.41) is 3.29. The van der Waals surface area contributed by atoms with Crippen molar-refractivity contribution in [3.63, 3.8) is 0 Å². The normalized spacial score (nSPS) is 28.3. The van der Waals surface area contributed by atoms with E-state index in [0.717, 1.165) is 25.0 Å². The van der Waals surface area contributed by atoms with Crippen LogP contribution >= 0.6 is 0 Å². The van der Waals surface area contributed by atoms with Gasteiger partial charge in [-0.25, -0.2) is 0 Å². The number of ether oxygens (including phenoxy) is 1. The van der Waals surface area contributed by atoms with Crippen molar-refractivity contribution in [3.8, 4) is 0 Å². The third-order valence-electron chi connectivity index (χ3n) is 3.47. The molecule has 0 amide bonds. The van der Waals surface area contributed by atoms with E-state index in [-0.39, 0.29) is 0 Å². The average molecular weight is 199 g/mol. The van der Waals surface area contributed by atoms with Crippen LogP contribution in [0.25, 0.3) is 0 Å². The second kappa shape index (κ2) is 6.41. The predicted octanol–water partition coefficient (Wildman–Crippen LogP) is 2.44. The minimum absolute atomic E-state index is 0.506. The van der Waals surface area contributed by atoms with Crippen molar-refractivity contribution in [2.24, 2.45) is 11.8 Å². The highest BCUT2D eigenvalue weighted by atomic mass is 16.5. The van der Waals surface area contributed by atoms with Crippen molar-refractivity contribution in [2.75, 3.05) is 20.2 Å². The molecule has 1 aliphatic rings. The molecule has 2 atom stereocenters. The van der Waals surface area contributed by atoms with Gasteiger partial charge in [0, 0.05) is 13.2 Å². The molecule has 0 aromatic carbocycles. The van der Waals surface area contributed by atoms with Gasteiger partial charge in [0.25, 0.3) is 0 Å². The summed E-state index contributed by atoms with van der Waals surface area (Å²) in [4.78, 5) is 0. The molecule has 2 unspecified atom stereocenters. The zero-order chi connectivity index (χ0) is 10.4. The summed E-state index contributed by atoms with van der Waals surface area (Å²) >= 11 is 0. The SMILES string of the molecule is CCC(CC)C1OCCCC1CNC. The largest absolute Gasteiger partial charge is 0.378 e. The fraction of sp³-hybridized carbons (Fsp3) is 1.00. The van der Waals surface area contributed by atoms with Gasteiger partial charge in [-0.1, -0.05) is 26.7 Å². The molecule has 0 bridgehead atoms. The summed E-state index contributed by atoms with van der Waals surface area (Å²) in [6, 6.07) is 0. The number of rotatable bonds is 5. The maximum atomic E-state index is 5.95. The number of hydrogen-bond donors (Lipinski definition) is 1. The molecule has 2 heteroatoms. The van der Waals surface area contributed by atoms with E-state index in [4.69, 9.17) is 4.74 Å². The molecule has 1 N–H and O–H groups in total. The van der Waals surface area contributed by atoms with Crippen molar-refractivity contribution in [1.29, 1.82) is 0 Å². The Morgan fingerprint density at radius 1 is 1.36 bits per heavy atom. The van der Waals surface area contributed by atoms with Gasteiger partial charge < -0.3 is 10.1 Å². The van der Waals surface area contributed by atoms with Gasteiger partial charge in [-0.2, -0.15) is 0 Å². The Bertz CT molecular complexity index is 143. The van der Waals surface area contributed by atoms with Crippen LogP contribution in [0, 0.1) is 11.8 Å². The molecular weight excluding hydrogens is 174 g/mol. The summed E-state index contributed by atoms with van der Waals surface area (Å²) in [6.07, 6.45) is 5.58. The first kappa shape index (κ1) is 12.0. The molecule has 1 heterocycles. The Morgan fingerprint density at radius 3 is 2.64 bits per heavy atom. The van der Waals surface area contributed by atoms with E-state index in [1.54, 1.807) is 0 Å². The standard InChI is InChI=1S/C12H25NO/c1-4-10(5-2)12-11(9-13-3)7-6-8-14-12/h10-13H,4-9H2,1-3H3. The first-order valence-electron chi connectivity index (χ1n) is 6.09. The van der Waals surface area contributed by atoms with E-state index in [0.29, 0.717) is 6.10 Å². The van der Waals surface area contributed by atoms with Crippen LogP contribution in [-0.2, 0) is 4.74 Å². The minimum Gasteiger partial charge on any atom is -0.378 e. The van der Waals surface area contributed by atoms with Gasteiger partial charge in [0.2, 0.25) is 0 Å². The topological polar surface area (TPSA) is 21.3 Å². The van der Waals surface area contributed by atoms with Crippen molar-refractivity contribution in [2.45, 2.75) is 45.6 Å². The van der Waals surface area contributed by atoms with E-state index in [2.05, 4.69) is 19.2 Å². The molecule has 0 spiro atoms. The lowest BCUT2D eigenvalue weighted by atomic mass is 9.83. The van der Waals surface area contributed by atoms with Gasteiger partial charge in [-0.15, -0.1) is 0 Å². The van der Waals surface area contributed by atoms with E-state index < -0.39 is 0 Å². The fourth-order valence-corrected chi connectivity index (χ4v) is 2.62. The molecule has 1 rings (SSSR count). The van der Waals surface area contributed by atoms with Crippen molar-refractivity contribution in [3.05, 3.63) is 0 Å². The van der Waals surface area contributed by atoms with Gasteiger partial charge in [0.15, 0.2) is 0 Å². The summed E-state index contributed by atoms with van der Waals surface area (Å²) in [5.74, 6) is 1.49. The van der Waals surface area contributed by atoms with Crippen molar-refractivity contribution >= 4 is 0 Å². The lowest BCUT2D eigenvalue weighted by molar-refractivity contribution is -0.0612. The van der Waals surface area contributed by atoms with Crippen LogP contribution in [0.2, 0.25) is 0 Å². The molecular formula is C12H25NO. The van der Waals surface area contributed by atoms with Crippen LogP contribution in [0.5, 0.6) is 0 Å². The van der Waals surface area contributed by atoms with Crippen LogP contribution < -0.4 is 5.32 Å². The lowest BCUT2D eigenvalue weighted by Crippen LogP contribution is -2.40. The summed E-state index contributed by atoms with van der Waals surface area (Å²) in [6.45, 7) is 6.65. The molecule has 0 saturated carbocycles. The molecule has 0 aliphatic carbocycles. The third kappa shape index (κ3) is 2.96. The molecule has 0 aromatic rings. The summed E-state index contributed by atoms with van der Waals surface area (Å²) in [7, 11) is 2.04. The predicted molar refractivity (Wildman–Crippen MR) is 60.5 cm³/mol. The van der Waals surface area contributed by atoms with Gasteiger partial charge in [0.05, 0.1) is 6.10 Å². The first-order valence-corrected chi connectivity index (χ1v) is 6.09. The molecule has 0 radical (unpaired) electrons. The Hall–Kier alpha value is -0.0800. The zero-order valence-electron chi connectivity index (χ0n) is 9.88. The second-order valence-electron chi connectivity index (χ2n) is 4.37. The van der Waals surface area contributed by atoms with Crippen molar-refractivity contribution < 1.29 is 4.74 Å². The van der Waals surface area contributed by atoms with Crippen LogP contribution in [-0.4, -0.2) is 26.3 Å². The molecule has 1 aliphatic heterocycles. The van der Waals surface area contributed by atoms with E-state index in [9.17, 15) is 0 Å². The molecule has 14 heavy (non-hydrogen) atoms. The molecule has 1 fully saturated rings. The maximum Gasteiger partial charge on any atom is 0.0643 e. The monoisotopic (exact) mass is 199 g/mol. The molecule has 2 nitrogen and oxygen atoms in total. The summed E-state index contributed by atoms with van der Waals surface area (Å²) in [5.41, 5.74) is 0. The van der Waals surface area contributed by atoms with Crippen LogP contribution in [0.15, 0.2) is 0 Å². The number of nitrogens with one attached hydrogen (secondary N) is 1. The van der Waals surface area contributed by atoms with E-state index in [1.807, 2.05) is 7.05 Å². The highest BCUT2D eigenvalue weighted by Crippen LogP contribution is 2.29. The highest BCUT2D eigenvalue weighted by Gasteiger charge is 2.30. The Kier molecular flexibility index (Phi) is 5.49. The quantitative estimate of drug-likeness (QED) is 0.734. The average Bonchev–Trinajstić information content (AvgIpc) is 2.23. The molecule has 0 aromatic heterocycles. The highest BCUT2D eigenvalue weighted by molar-refractivity contribution is 4.81. The lowest BCUT2D eigenvalue weighted by Gasteiger charge is -2.36. The van der Waals surface area contributed by atoms with Gasteiger partial charge in [-0.05, 0) is 31.7 Å². The van der Waals surface area contributed by atoms with Crippen LogP contribution in [0.4, 0.5) is 0 Å². The number of hydrogen-bond acceptors (Lipinski definition) is 2. The van der Waals surface area contributed by atoms with Gasteiger partial charge >= 0.3 is 0 Å². The van der Waals surface area contributed by atoms with Crippen molar-refractivity contribution in [1.82, 2.24) is 5.32 Å².